The lowest BCUT2D eigenvalue weighted by Gasteiger charge is -2.27. The smallest absolute Gasteiger partial charge is 0.326 e. The molecule has 0 saturated heterocycles. The molecule has 0 radical (unpaired) electrons. The third kappa shape index (κ3) is 25.0. The fourth-order valence-corrected chi connectivity index (χ4v) is 6.30. The molecule has 23 heteroatoms. The number of carboxylic acids is 4. The molecule has 2 aromatic rings. The average molecular weight is 923 g/mol. The number of amides is 5. The van der Waals surface area contributed by atoms with E-state index in [1.165, 1.54) is 4.68 Å². The largest absolute Gasteiger partial charge is 0.481 e. The van der Waals surface area contributed by atoms with E-state index in [9.17, 15) is 58.1 Å². The molecule has 1 aromatic carbocycles. The molecule has 0 unspecified atom stereocenters. The van der Waals surface area contributed by atoms with Gasteiger partial charge in [0.1, 0.15) is 31.3 Å². The second-order valence-electron chi connectivity index (χ2n) is 15.2. The van der Waals surface area contributed by atoms with Gasteiger partial charge in [0.05, 0.1) is 38.7 Å². The number of unbranched alkanes of at least 4 members (excludes halogenated alkanes) is 2. The highest BCUT2D eigenvalue weighted by Crippen LogP contribution is 2.12. The number of halogens is 1. The molecule has 22 nitrogen and oxygen atoms in total. The van der Waals surface area contributed by atoms with E-state index in [0.29, 0.717) is 44.5 Å². The molecule has 0 aliphatic rings. The fraction of sp³-hybridized carbons (Fsp3) is 0.619. The number of rotatable bonds is 36. The van der Waals surface area contributed by atoms with Gasteiger partial charge in [-0.15, -0.1) is 5.10 Å². The first-order chi connectivity index (χ1) is 31.1. The van der Waals surface area contributed by atoms with E-state index in [4.69, 9.17) is 14.6 Å². The maximum Gasteiger partial charge on any atom is 0.326 e. The Morgan fingerprint density at radius 1 is 0.708 bits per heavy atom. The van der Waals surface area contributed by atoms with Crippen LogP contribution in [0.3, 0.4) is 0 Å². The summed E-state index contributed by atoms with van der Waals surface area (Å²) in [5, 5.41) is 55.3. The van der Waals surface area contributed by atoms with Crippen molar-refractivity contribution in [3.63, 3.8) is 0 Å². The van der Waals surface area contributed by atoms with E-state index in [-0.39, 0.29) is 77.4 Å². The Hall–Kier alpha value is -6.23. The summed E-state index contributed by atoms with van der Waals surface area (Å²) in [6, 6.07) is 2.66. The lowest BCUT2D eigenvalue weighted by molar-refractivity contribution is -0.146. The Balaban J connectivity index is 2.01. The van der Waals surface area contributed by atoms with Crippen LogP contribution < -0.4 is 21.3 Å². The minimum Gasteiger partial charge on any atom is -0.481 e. The molecule has 0 aliphatic heterocycles. The van der Waals surface area contributed by atoms with Crippen molar-refractivity contribution in [1.82, 2.24) is 41.2 Å². The first kappa shape index (κ1) is 54.9. The number of benzene rings is 1. The Bertz CT molecular complexity index is 1820. The third-order valence-corrected chi connectivity index (χ3v) is 9.78. The molecule has 5 amide bonds. The molecule has 362 valence electrons. The van der Waals surface area contributed by atoms with Gasteiger partial charge in [0, 0.05) is 45.0 Å². The molecule has 3 atom stereocenters. The summed E-state index contributed by atoms with van der Waals surface area (Å²) in [6.07, 6.45) is 3.29. The molecule has 1 heterocycles. The van der Waals surface area contributed by atoms with Gasteiger partial charge in [0.15, 0.2) is 0 Å². The average Bonchev–Trinajstić information content (AvgIpc) is 3.71. The molecule has 0 saturated carbocycles. The summed E-state index contributed by atoms with van der Waals surface area (Å²) >= 11 is 0. The van der Waals surface area contributed by atoms with Crippen molar-refractivity contribution < 1.29 is 72.6 Å². The topological polar surface area (TPSA) is 318 Å². The number of ether oxygens (including phenoxy) is 2. The van der Waals surface area contributed by atoms with Crippen molar-refractivity contribution in [2.75, 3.05) is 52.7 Å². The van der Waals surface area contributed by atoms with E-state index in [1.54, 1.807) is 6.20 Å². The lowest BCUT2D eigenvalue weighted by Crippen LogP contribution is -2.51. The quantitative estimate of drug-likeness (QED) is 0.0449. The summed E-state index contributed by atoms with van der Waals surface area (Å²) in [5.41, 5.74) is 2.77. The first-order valence-corrected chi connectivity index (χ1v) is 21.5. The van der Waals surface area contributed by atoms with E-state index >= 15 is 0 Å². The summed E-state index contributed by atoms with van der Waals surface area (Å²) in [6.45, 7) is 1.99. The van der Waals surface area contributed by atoms with Crippen LogP contribution >= 0.6 is 0 Å². The van der Waals surface area contributed by atoms with Crippen molar-refractivity contribution in [2.24, 2.45) is 0 Å². The van der Waals surface area contributed by atoms with E-state index in [1.807, 2.05) is 36.5 Å². The predicted molar refractivity (Wildman–Crippen MR) is 228 cm³/mol. The zero-order valence-electron chi connectivity index (χ0n) is 36.7. The van der Waals surface area contributed by atoms with Crippen LogP contribution in [0, 0.1) is 6.92 Å². The number of aliphatic carboxylic acids is 4. The number of carbonyl (C=O) groups is 8. The van der Waals surface area contributed by atoms with Crippen LogP contribution in [0.4, 0.5) is 9.18 Å². The Morgan fingerprint density at radius 2 is 1.35 bits per heavy atom. The molecule has 0 aliphatic carbocycles. The van der Waals surface area contributed by atoms with E-state index in [2.05, 4.69) is 26.3 Å². The van der Waals surface area contributed by atoms with Gasteiger partial charge in [0.2, 0.25) is 17.7 Å². The van der Waals surface area contributed by atoms with E-state index in [0.717, 1.165) is 22.4 Å². The number of aromatic nitrogens is 3. The number of hydrogen-bond acceptors (Lipinski definition) is 12. The van der Waals surface area contributed by atoms with Crippen LogP contribution in [0.2, 0.25) is 0 Å². The Labute approximate surface area is 376 Å². The monoisotopic (exact) mass is 922 g/mol. The number of hydrogen-bond donors (Lipinski definition) is 8. The van der Waals surface area contributed by atoms with Crippen molar-refractivity contribution >= 4 is 47.6 Å². The molecular formula is C42H63FN8O14. The highest BCUT2D eigenvalue weighted by Gasteiger charge is 2.28. The van der Waals surface area contributed by atoms with Gasteiger partial charge in [0.25, 0.3) is 0 Å². The Kier molecular flexibility index (Phi) is 26.7. The van der Waals surface area contributed by atoms with Gasteiger partial charge < -0.3 is 56.1 Å². The summed E-state index contributed by atoms with van der Waals surface area (Å²) in [4.78, 5) is 99.2. The van der Waals surface area contributed by atoms with Gasteiger partial charge >= 0.3 is 29.9 Å². The fourth-order valence-electron chi connectivity index (χ4n) is 6.30. The number of alkyl halides is 1. The SMILES string of the molecule is Cc1ccc(CCCC(=O)NCCCC[C@@H](NC(=O)CCc2cn(CCOCCOCCF)nn2)C(=O)N(CCCC[C@H](NC(=O)N[C@@H](CCC(=O)O)C(=O)O)C(=O)O)CC(=O)O)cc1. The van der Waals surface area contributed by atoms with Gasteiger partial charge in [-0.05, 0) is 70.3 Å². The minimum atomic E-state index is -1.60. The number of urea groups is 1. The molecule has 2 rings (SSSR count). The molecule has 0 bridgehead atoms. The van der Waals surface area contributed by atoms with Gasteiger partial charge in [-0.25, -0.2) is 23.5 Å². The van der Waals surface area contributed by atoms with Crippen LogP contribution in [0.25, 0.3) is 0 Å². The number of nitrogens with zero attached hydrogens (tertiary/aromatic N) is 4. The second kappa shape index (κ2) is 31.6. The standard InChI is InChI=1S/C42H63FN8O14/c1-29-11-13-30(14-12-29)7-6-10-35(52)44-20-4-2-8-32(45-36(53)17-15-31-27-51(49-48-31)22-24-65-26-25-64-23-19-43)39(58)50(28-38(56)57)21-5-3-9-33(40(59)60)46-42(63)47-34(41(61)62)16-18-37(54)55/h11-14,27,32-34H,2-10,15-26,28H2,1H3,(H,44,52)(H,45,53)(H,54,55)(H,56,57)(H,59,60)(H,61,62)(H2,46,47,63)/t32-,33+,34+/m1/s1. The minimum absolute atomic E-state index is 0.00380. The maximum absolute atomic E-state index is 13.9. The highest BCUT2D eigenvalue weighted by molar-refractivity contribution is 5.89. The molecule has 0 fully saturated rings. The summed E-state index contributed by atoms with van der Waals surface area (Å²) in [5.74, 6) is -6.96. The summed E-state index contributed by atoms with van der Waals surface area (Å²) < 4.78 is 24.1. The number of nitrogens with one attached hydrogen (secondary N) is 4. The van der Waals surface area contributed by atoms with Crippen molar-refractivity contribution in [1.29, 1.82) is 0 Å². The molecule has 1 aromatic heterocycles. The van der Waals surface area contributed by atoms with Crippen LogP contribution in [0.15, 0.2) is 30.5 Å². The lowest BCUT2D eigenvalue weighted by atomic mass is 10.1. The van der Waals surface area contributed by atoms with Gasteiger partial charge in [-0.1, -0.05) is 35.0 Å². The van der Waals surface area contributed by atoms with Crippen molar-refractivity contribution in [2.45, 2.75) is 115 Å². The Morgan fingerprint density at radius 3 is 2.00 bits per heavy atom. The maximum atomic E-state index is 13.9. The van der Waals surface area contributed by atoms with Crippen LogP contribution in [0.5, 0.6) is 0 Å². The van der Waals surface area contributed by atoms with E-state index < -0.39 is 85.9 Å². The van der Waals surface area contributed by atoms with Crippen LogP contribution in [-0.4, -0.2) is 159 Å². The first-order valence-electron chi connectivity index (χ1n) is 21.5. The van der Waals surface area contributed by atoms with Crippen molar-refractivity contribution in [3.05, 3.63) is 47.3 Å². The van der Waals surface area contributed by atoms with Gasteiger partial charge in [-0.2, -0.15) is 0 Å². The zero-order chi connectivity index (χ0) is 48.0. The normalized spacial score (nSPS) is 12.3. The number of carboxylic acid groups (broad SMARTS) is 4. The predicted octanol–water partition coefficient (Wildman–Crippen LogP) is 1.47. The van der Waals surface area contributed by atoms with Crippen LogP contribution in [0.1, 0.15) is 87.4 Å². The van der Waals surface area contributed by atoms with Crippen LogP contribution in [-0.2, 0) is 62.4 Å². The molecule has 8 N–H and O–H groups in total. The number of carbonyl (C=O) groups excluding carboxylic acids is 4. The number of aryl methyl sites for hydroxylation is 3. The summed E-state index contributed by atoms with van der Waals surface area (Å²) in [7, 11) is 0. The second-order valence-corrected chi connectivity index (χ2v) is 15.2. The van der Waals surface area contributed by atoms with Gasteiger partial charge in [-0.3, -0.25) is 24.0 Å². The zero-order valence-corrected chi connectivity index (χ0v) is 36.7. The molecule has 0 spiro atoms. The molecule has 65 heavy (non-hydrogen) atoms. The van der Waals surface area contributed by atoms with Crippen molar-refractivity contribution in [3.8, 4) is 0 Å². The molecular weight excluding hydrogens is 860 g/mol. The third-order valence-electron chi connectivity index (χ3n) is 9.78. The highest BCUT2D eigenvalue weighted by atomic mass is 19.1.